The molecule has 0 atom stereocenters. The van der Waals surface area contributed by atoms with Crippen LogP contribution in [0.4, 0.5) is 10.6 Å². The largest absolute Gasteiger partial charge is 0.449 e. The Balaban J connectivity index is 1.33. The zero-order valence-electron chi connectivity index (χ0n) is 15.7. The maximum absolute atomic E-state index is 12.1. The Labute approximate surface area is 158 Å². The Hall–Kier alpha value is -2.46. The van der Waals surface area contributed by atoms with E-state index < -0.39 is 0 Å². The second kappa shape index (κ2) is 9.47. The molecule has 0 radical (unpaired) electrons. The summed E-state index contributed by atoms with van der Waals surface area (Å²) in [6.07, 6.45) is 4.56. The van der Waals surface area contributed by atoms with Crippen molar-refractivity contribution >= 4 is 23.1 Å². The van der Waals surface area contributed by atoms with Crippen molar-refractivity contribution in [2.24, 2.45) is 0 Å². The van der Waals surface area contributed by atoms with Gasteiger partial charge in [-0.25, -0.2) is 19.7 Å². The number of hydrogen-bond acceptors (Lipinski definition) is 8. The average Bonchev–Trinajstić information content (AvgIpc) is 3.11. The van der Waals surface area contributed by atoms with Gasteiger partial charge in [0.2, 0.25) is 0 Å². The lowest BCUT2D eigenvalue weighted by atomic mass is 10.3. The highest BCUT2D eigenvalue weighted by molar-refractivity contribution is 5.81. The van der Waals surface area contributed by atoms with Gasteiger partial charge >= 0.3 is 6.09 Å². The molecule has 148 valence electrons. The number of carbonyl (C=O) groups excluding carboxylic acids is 1. The van der Waals surface area contributed by atoms with Gasteiger partial charge in [0.05, 0.1) is 19.5 Å². The Morgan fingerprint density at radius 3 is 2.70 bits per heavy atom. The maximum Gasteiger partial charge on any atom is 0.409 e. The van der Waals surface area contributed by atoms with E-state index in [1.54, 1.807) is 18.3 Å². The molecule has 2 aromatic rings. The van der Waals surface area contributed by atoms with E-state index in [0.717, 1.165) is 51.3 Å². The number of fused-ring (bicyclic) bond motifs is 1. The van der Waals surface area contributed by atoms with Crippen molar-refractivity contribution in [1.82, 2.24) is 29.3 Å². The molecule has 0 spiro atoms. The van der Waals surface area contributed by atoms with E-state index in [4.69, 9.17) is 15.2 Å². The minimum Gasteiger partial charge on any atom is -0.449 e. The normalized spacial score (nSPS) is 15.4. The molecular formula is C17H27N7O3. The molecule has 10 heteroatoms. The van der Waals surface area contributed by atoms with E-state index in [9.17, 15) is 4.79 Å². The van der Waals surface area contributed by atoms with Gasteiger partial charge in [0, 0.05) is 46.4 Å². The standard InChI is InChI=1S/C17H27N7O3/c1-26-11-9-22-5-7-23(8-6-22)17(25)27-10-3-2-4-24-13-21-14-15(18)19-12-20-16(14)24/h12-13H,2-11H2,1H3,(H2,18,19,20). The number of nitrogens with zero attached hydrogens (tertiary/aromatic N) is 6. The smallest absolute Gasteiger partial charge is 0.409 e. The molecule has 1 saturated heterocycles. The Bertz CT molecular complexity index is 743. The molecule has 1 fully saturated rings. The fraction of sp³-hybridized carbons (Fsp3) is 0.647. The molecule has 3 heterocycles. The molecule has 10 nitrogen and oxygen atoms in total. The fourth-order valence-corrected chi connectivity index (χ4v) is 3.07. The average molecular weight is 377 g/mol. The summed E-state index contributed by atoms with van der Waals surface area (Å²) in [5.41, 5.74) is 7.13. The Morgan fingerprint density at radius 2 is 1.93 bits per heavy atom. The molecule has 1 amide bonds. The van der Waals surface area contributed by atoms with Crippen LogP contribution in [0.2, 0.25) is 0 Å². The van der Waals surface area contributed by atoms with Gasteiger partial charge in [-0.15, -0.1) is 0 Å². The highest BCUT2D eigenvalue weighted by Gasteiger charge is 2.21. The van der Waals surface area contributed by atoms with Crippen molar-refractivity contribution in [1.29, 1.82) is 0 Å². The van der Waals surface area contributed by atoms with Crippen molar-refractivity contribution in [3.63, 3.8) is 0 Å². The molecule has 2 aromatic heterocycles. The molecule has 27 heavy (non-hydrogen) atoms. The first-order chi connectivity index (χ1) is 13.2. The summed E-state index contributed by atoms with van der Waals surface area (Å²) in [7, 11) is 1.70. The maximum atomic E-state index is 12.1. The van der Waals surface area contributed by atoms with E-state index in [2.05, 4.69) is 19.9 Å². The first kappa shape index (κ1) is 19.3. The molecule has 0 unspecified atom stereocenters. The molecule has 3 rings (SSSR count). The number of unbranched alkanes of at least 4 members (excludes halogenated alkanes) is 1. The molecule has 0 bridgehead atoms. The Morgan fingerprint density at radius 1 is 1.11 bits per heavy atom. The predicted molar refractivity (Wildman–Crippen MR) is 100 cm³/mol. The van der Waals surface area contributed by atoms with Crippen molar-refractivity contribution < 1.29 is 14.3 Å². The number of aromatic nitrogens is 4. The van der Waals surface area contributed by atoms with Crippen molar-refractivity contribution in [3.05, 3.63) is 12.7 Å². The minimum absolute atomic E-state index is 0.227. The summed E-state index contributed by atoms with van der Waals surface area (Å²) in [5.74, 6) is 0.384. The number of methoxy groups -OCH3 is 1. The molecular weight excluding hydrogens is 350 g/mol. The van der Waals surface area contributed by atoms with Crippen LogP contribution in [0.3, 0.4) is 0 Å². The number of carbonyl (C=O) groups is 1. The van der Waals surface area contributed by atoms with Crippen molar-refractivity contribution in [3.8, 4) is 0 Å². The molecule has 0 aliphatic carbocycles. The third-order valence-corrected chi connectivity index (χ3v) is 4.69. The third kappa shape index (κ3) is 5.04. The van der Waals surface area contributed by atoms with Crippen molar-refractivity contribution in [2.45, 2.75) is 19.4 Å². The predicted octanol–water partition coefficient (Wildman–Crippen LogP) is 0.589. The topological polar surface area (TPSA) is 112 Å². The third-order valence-electron chi connectivity index (χ3n) is 4.69. The number of ether oxygens (including phenoxy) is 2. The van der Waals surface area contributed by atoms with E-state index in [1.807, 2.05) is 4.57 Å². The van der Waals surface area contributed by atoms with Crippen LogP contribution in [0.25, 0.3) is 11.2 Å². The molecule has 0 saturated carbocycles. The highest BCUT2D eigenvalue weighted by atomic mass is 16.6. The number of amides is 1. The van der Waals surface area contributed by atoms with Crippen LogP contribution >= 0.6 is 0 Å². The van der Waals surface area contributed by atoms with Crippen LogP contribution in [-0.2, 0) is 16.0 Å². The molecule has 0 aromatic carbocycles. The first-order valence-corrected chi connectivity index (χ1v) is 9.23. The van der Waals surface area contributed by atoms with Crippen LogP contribution in [0.15, 0.2) is 12.7 Å². The monoisotopic (exact) mass is 377 g/mol. The van der Waals surface area contributed by atoms with Gasteiger partial charge in [0.15, 0.2) is 11.5 Å². The highest BCUT2D eigenvalue weighted by Crippen LogP contribution is 2.14. The number of anilines is 1. The van der Waals surface area contributed by atoms with Crippen LogP contribution in [0, 0.1) is 0 Å². The van der Waals surface area contributed by atoms with Crippen LogP contribution in [0.1, 0.15) is 12.8 Å². The lowest BCUT2D eigenvalue weighted by molar-refractivity contribution is 0.0664. The van der Waals surface area contributed by atoms with Crippen LogP contribution < -0.4 is 5.73 Å². The van der Waals surface area contributed by atoms with Gasteiger partial charge in [0.1, 0.15) is 11.8 Å². The zero-order chi connectivity index (χ0) is 19.1. The quantitative estimate of drug-likeness (QED) is 0.665. The van der Waals surface area contributed by atoms with Gasteiger partial charge in [-0.2, -0.15) is 0 Å². The molecule has 1 aliphatic rings. The summed E-state index contributed by atoms with van der Waals surface area (Å²) in [4.78, 5) is 28.6. The van der Waals surface area contributed by atoms with Gasteiger partial charge < -0.3 is 24.7 Å². The lowest BCUT2D eigenvalue weighted by Gasteiger charge is -2.33. The number of hydrogen-bond donors (Lipinski definition) is 1. The SMILES string of the molecule is COCCN1CCN(C(=O)OCCCCn2cnc3c(N)ncnc32)CC1. The van der Waals surface area contributed by atoms with Gasteiger partial charge in [-0.3, -0.25) is 4.90 Å². The molecule has 1 aliphatic heterocycles. The summed E-state index contributed by atoms with van der Waals surface area (Å²) >= 11 is 0. The van der Waals surface area contributed by atoms with Gasteiger partial charge in [-0.1, -0.05) is 0 Å². The Kier molecular flexibility index (Phi) is 6.77. The second-order valence-corrected chi connectivity index (χ2v) is 6.51. The zero-order valence-corrected chi connectivity index (χ0v) is 15.7. The number of imidazole rings is 1. The summed E-state index contributed by atoms with van der Waals surface area (Å²) in [5, 5.41) is 0. The van der Waals surface area contributed by atoms with Gasteiger partial charge in [0.25, 0.3) is 0 Å². The van der Waals surface area contributed by atoms with Crippen LogP contribution in [0.5, 0.6) is 0 Å². The van der Waals surface area contributed by atoms with E-state index >= 15 is 0 Å². The number of aryl methyl sites for hydroxylation is 1. The van der Waals surface area contributed by atoms with E-state index in [1.165, 1.54) is 6.33 Å². The minimum atomic E-state index is -0.227. The lowest BCUT2D eigenvalue weighted by Crippen LogP contribution is -2.49. The molecule has 2 N–H and O–H groups in total. The number of nitrogen functional groups attached to an aromatic ring is 1. The summed E-state index contributed by atoms with van der Waals surface area (Å²) in [6.45, 7) is 5.88. The van der Waals surface area contributed by atoms with Crippen molar-refractivity contribution in [2.75, 3.05) is 58.8 Å². The summed E-state index contributed by atoms with van der Waals surface area (Å²) in [6, 6.07) is 0. The fourth-order valence-electron chi connectivity index (χ4n) is 3.07. The summed E-state index contributed by atoms with van der Waals surface area (Å²) < 4.78 is 12.4. The first-order valence-electron chi connectivity index (χ1n) is 9.23. The van der Waals surface area contributed by atoms with Crippen LogP contribution in [-0.4, -0.2) is 88.5 Å². The van der Waals surface area contributed by atoms with E-state index in [0.29, 0.717) is 31.0 Å². The van der Waals surface area contributed by atoms with Gasteiger partial charge in [-0.05, 0) is 12.8 Å². The second-order valence-electron chi connectivity index (χ2n) is 6.51. The van der Waals surface area contributed by atoms with E-state index in [-0.39, 0.29) is 6.09 Å². The number of piperazine rings is 1. The number of rotatable bonds is 8. The number of nitrogens with two attached hydrogens (primary N) is 1.